The summed E-state index contributed by atoms with van der Waals surface area (Å²) < 4.78 is 18.0. The molecule has 0 unspecified atom stereocenters. The topological polar surface area (TPSA) is 69.5 Å². The number of methoxy groups -OCH3 is 1. The highest BCUT2D eigenvalue weighted by Crippen LogP contribution is 2.53. The Balaban J connectivity index is 0.00000220. The molecule has 7 nitrogen and oxygen atoms in total. The number of aromatic nitrogens is 2. The van der Waals surface area contributed by atoms with E-state index < -0.39 is 5.72 Å². The average molecular weight is 503 g/mol. The van der Waals surface area contributed by atoms with Crippen molar-refractivity contribution in [2.24, 2.45) is 0 Å². The van der Waals surface area contributed by atoms with E-state index in [0.717, 1.165) is 61.2 Å². The number of para-hydroxylation sites is 2. The Morgan fingerprint density at radius 3 is 2.47 bits per heavy atom. The highest BCUT2D eigenvalue weighted by molar-refractivity contribution is 6.31. The Bertz CT molecular complexity index is 1750. The van der Waals surface area contributed by atoms with Crippen LogP contribution in [0.1, 0.15) is 35.5 Å². The van der Waals surface area contributed by atoms with Crippen LogP contribution in [0.15, 0.2) is 48.5 Å². The minimum Gasteiger partial charge on any atom is -0.375 e. The monoisotopic (exact) mass is 502 g/mol. The quantitative estimate of drug-likeness (QED) is 0.364. The second-order valence-corrected chi connectivity index (χ2v) is 10.1. The molecule has 36 heavy (non-hydrogen) atoms. The van der Waals surface area contributed by atoms with Gasteiger partial charge in [0.1, 0.15) is 12.3 Å². The fourth-order valence-corrected chi connectivity index (χ4v) is 7.33. The van der Waals surface area contributed by atoms with Gasteiger partial charge in [0.05, 0.1) is 27.6 Å². The van der Waals surface area contributed by atoms with Crippen LogP contribution in [0.5, 0.6) is 0 Å². The molecule has 8 heteroatoms. The smallest absolute Gasteiger partial charge is 0.252 e. The summed E-state index contributed by atoms with van der Waals surface area (Å²) in [7, 11) is 3.77. The van der Waals surface area contributed by atoms with Gasteiger partial charge in [0.2, 0.25) is 0 Å². The first kappa shape index (κ1) is 22.1. The normalized spacial score (nSPS) is 26.5. The third-order valence-corrected chi connectivity index (χ3v) is 8.60. The zero-order chi connectivity index (χ0) is 23.6. The molecule has 4 atom stereocenters. The van der Waals surface area contributed by atoms with Crippen molar-refractivity contribution in [2.45, 2.75) is 44.0 Å². The van der Waals surface area contributed by atoms with Crippen molar-refractivity contribution in [3.63, 3.8) is 0 Å². The van der Waals surface area contributed by atoms with Crippen molar-refractivity contribution in [1.29, 1.82) is 0 Å². The number of nitrogens with zero attached hydrogens (tertiary/aromatic N) is 2. The molecule has 1 saturated heterocycles. The van der Waals surface area contributed by atoms with E-state index in [1.54, 1.807) is 7.11 Å². The number of hydrogen-bond acceptors (Lipinski definition) is 4. The first-order valence-electron chi connectivity index (χ1n) is 12.3. The van der Waals surface area contributed by atoms with Crippen LogP contribution in [0, 0.1) is 0 Å². The number of carbonyl (C=O) groups excluding carboxylic acids is 1. The van der Waals surface area contributed by atoms with Crippen LogP contribution in [0.4, 0.5) is 0 Å². The molecule has 5 aromatic rings. The zero-order valence-corrected chi connectivity index (χ0v) is 21.1. The average Bonchev–Trinajstić information content (AvgIpc) is 3.51. The molecule has 2 aromatic heterocycles. The van der Waals surface area contributed by atoms with E-state index >= 15 is 0 Å². The first-order chi connectivity index (χ1) is 17.1. The van der Waals surface area contributed by atoms with Gasteiger partial charge in [-0.15, -0.1) is 12.4 Å². The molecule has 0 saturated carbocycles. The van der Waals surface area contributed by atoms with E-state index in [1.165, 1.54) is 0 Å². The Hall–Kier alpha value is -3.10. The Labute approximate surface area is 213 Å². The van der Waals surface area contributed by atoms with Crippen LogP contribution in [0.2, 0.25) is 0 Å². The number of carbonyl (C=O) groups is 1. The van der Waals surface area contributed by atoms with Gasteiger partial charge in [-0.3, -0.25) is 4.79 Å². The summed E-state index contributed by atoms with van der Waals surface area (Å²) in [5.74, 6) is 0.00357. The number of halogens is 1. The van der Waals surface area contributed by atoms with E-state index in [-0.39, 0.29) is 36.7 Å². The molecule has 8 rings (SSSR count). The van der Waals surface area contributed by atoms with Gasteiger partial charge in [0.25, 0.3) is 5.91 Å². The zero-order valence-electron chi connectivity index (χ0n) is 20.3. The fraction of sp³-hybridized carbons (Fsp3) is 0.321. The summed E-state index contributed by atoms with van der Waals surface area (Å²) in [6.45, 7) is 2.68. The van der Waals surface area contributed by atoms with Crippen LogP contribution < -0.4 is 10.6 Å². The number of benzene rings is 3. The van der Waals surface area contributed by atoms with E-state index in [4.69, 9.17) is 9.47 Å². The lowest BCUT2D eigenvalue weighted by Gasteiger charge is -2.48. The maximum Gasteiger partial charge on any atom is 0.252 e. The molecule has 2 N–H and O–H groups in total. The molecule has 1 amide bonds. The highest BCUT2D eigenvalue weighted by atomic mass is 35.5. The molecule has 3 aliphatic heterocycles. The molecular weight excluding hydrogens is 476 g/mol. The number of ether oxygens (including phenoxy) is 2. The van der Waals surface area contributed by atoms with Crippen LogP contribution in [-0.2, 0) is 21.7 Å². The molecule has 5 heterocycles. The van der Waals surface area contributed by atoms with Crippen LogP contribution in [0.25, 0.3) is 43.6 Å². The number of amides is 1. The predicted molar refractivity (Wildman–Crippen MR) is 143 cm³/mol. The third-order valence-electron chi connectivity index (χ3n) is 8.60. The van der Waals surface area contributed by atoms with Crippen molar-refractivity contribution in [3.8, 4) is 0 Å². The summed E-state index contributed by atoms with van der Waals surface area (Å²) in [4.78, 5) is 13.3. The highest BCUT2D eigenvalue weighted by Gasteiger charge is 2.53. The summed E-state index contributed by atoms with van der Waals surface area (Å²) >= 11 is 0. The van der Waals surface area contributed by atoms with Gasteiger partial charge in [-0.25, -0.2) is 0 Å². The second kappa shape index (κ2) is 7.23. The summed E-state index contributed by atoms with van der Waals surface area (Å²) in [6, 6.07) is 17.0. The van der Waals surface area contributed by atoms with E-state index in [2.05, 4.69) is 75.2 Å². The van der Waals surface area contributed by atoms with Crippen molar-refractivity contribution in [1.82, 2.24) is 19.8 Å². The van der Waals surface area contributed by atoms with E-state index in [0.29, 0.717) is 6.54 Å². The Morgan fingerprint density at radius 2 is 1.75 bits per heavy atom. The van der Waals surface area contributed by atoms with E-state index in [1.807, 2.05) is 7.05 Å². The van der Waals surface area contributed by atoms with Crippen molar-refractivity contribution in [3.05, 3.63) is 59.7 Å². The van der Waals surface area contributed by atoms with Crippen molar-refractivity contribution < 1.29 is 14.3 Å². The van der Waals surface area contributed by atoms with Gasteiger partial charge in [0.15, 0.2) is 5.72 Å². The minimum absolute atomic E-state index is 0. The molecular formula is C28H27ClN4O3. The molecule has 0 radical (unpaired) electrons. The minimum atomic E-state index is -0.760. The molecule has 0 aliphatic carbocycles. The van der Waals surface area contributed by atoms with Crippen LogP contribution >= 0.6 is 12.4 Å². The number of hydrogen-bond donors (Lipinski definition) is 2. The van der Waals surface area contributed by atoms with Crippen molar-refractivity contribution in [2.75, 3.05) is 14.2 Å². The van der Waals surface area contributed by atoms with Gasteiger partial charge >= 0.3 is 0 Å². The molecule has 3 aromatic carbocycles. The van der Waals surface area contributed by atoms with Crippen LogP contribution in [-0.4, -0.2) is 41.3 Å². The lowest BCUT2D eigenvalue weighted by Crippen LogP contribution is -2.59. The number of nitrogens with one attached hydrogen (secondary N) is 2. The maximum atomic E-state index is 13.3. The molecule has 3 aliphatic rings. The van der Waals surface area contributed by atoms with Gasteiger partial charge in [-0.2, -0.15) is 0 Å². The SMILES string of the molecule is CN[C@H]1C[C@@H]2O[C@](C)([C@H]1OC)n1c3ccccc3c3c4c(c5c6ccccc6n2c5c31)C(=O)NC4.Cl. The lowest BCUT2D eigenvalue weighted by atomic mass is 9.93. The number of likely N-dealkylation sites (N-methyl/N-ethyl adjacent to an activating group) is 1. The summed E-state index contributed by atoms with van der Waals surface area (Å²) in [6.07, 6.45) is 0.337. The van der Waals surface area contributed by atoms with E-state index in [9.17, 15) is 4.79 Å². The standard InChI is InChI=1S/C28H26N4O3.ClH/c1-28-26(34-3)17(29-2)12-20(35-28)31-18-10-6-4-8-14(18)22-23-16(13-30-27(23)33)21-15-9-5-7-11-19(15)32(28)25(21)24(22)31;/h4-11,17,20,26,29H,12-13H2,1-3H3,(H,30,33);1H/t17-,20-,26-,28+;/m0./s1. The fourth-order valence-electron chi connectivity index (χ4n) is 7.33. The van der Waals surface area contributed by atoms with Gasteiger partial charge in [0, 0.05) is 47.7 Å². The van der Waals surface area contributed by atoms with Gasteiger partial charge in [-0.1, -0.05) is 36.4 Å². The molecule has 0 spiro atoms. The third kappa shape index (κ3) is 2.33. The number of fused-ring (bicyclic) bond motifs is 13. The summed E-state index contributed by atoms with van der Waals surface area (Å²) in [5, 5.41) is 11.0. The largest absolute Gasteiger partial charge is 0.375 e. The maximum absolute atomic E-state index is 13.3. The number of rotatable bonds is 2. The molecule has 2 bridgehead atoms. The second-order valence-electron chi connectivity index (χ2n) is 10.1. The van der Waals surface area contributed by atoms with Crippen molar-refractivity contribution >= 4 is 61.9 Å². The first-order valence-corrected chi connectivity index (χ1v) is 12.3. The van der Waals surface area contributed by atoms with Gasteiger partial charge in [-0.05, 0) is 31.7 Å². The Morgan fingerprint density at radius 1 is 1.06 bits per heavy atom. The lowest BCUT2D eigenvalue weighted by molar-refractivity contribution is -0.256. The summed E-state index contributed by atoms with van der Waals surface area (Å²) in [5.41, 5.74) is 5.51. The molecule has 184 valence electrons. The van der Waals surface area contributed by atoms with Crippen LogP contribution in [0.3, 0.4) is 0 Å². The predicted octanol–water partition coefficient (Wildman–Crippen LogP) is 4.78. The molecule has 1 fully saturated rings. The Kier molecular flexibility index (Phi) is 4.44. The van der Waals surface area contributed by atoms with Gasteiger partial charge < -0.3 is 29.2 Å².